The second-order valence-electron chi connectivity index (χ2n) is 4.92. The van der Waals surface area contributed by atoms with Gasteiger partial charge in [0.1, 0.15) is 11.6 Å². The molecule has 2 aromatic carbocycles. The number of carbonyl (C=O) groups excluding carboxylic acids is 3. The SMILES string of the molecule is CCOC(=O)NC(=O)COc1ccc(C(=O)c2ccc(F)cc2)cc1. The Kier molecular flexibility index (Phi) is 6.22. The average Bonchev–Trinajstić information content (AvgIpc) is 2.60. The zero-order chi connectivity index (χ0) is 18.2. The molecule has 0 aliphatic heterocycles. The molecule has 0 aliphatic carbocycles. The highest BCUT2D eigenvalue weighted by Crippen LogP contribution is 2.16. The first kappa shape index (κ1) is 18.1. The Balaban J connectivity index is 1.91. The molecular formula is C18H16FNO5. The van der Waals surface area contributed by atoms with E-state index in [0.29, 0.717) is 16.9 Å². The number of alkyl carbamates (subject to hydrolysis) is 1. The summed E-state index contributed by atoms with van der Waals surface area (Å²) in [6.07, 6.45) is -0.837. The summed E-state index contributed by atoms with van der Waals surface area (Å²) in [5.74, 6) is -0.965. The van der Waals surface area contributed by atoms with E-state index in [0.717, 1.165) is 0 Å². The van der Waals surface area contributed by atoms with Crippen LogP contribution in [0, 0.1) is 5.82 Å². The smallest absolute Gasteiger partial charge is 0.413 e. The molecule has 0 saturated heterocycles. The quantitative estimate of drug-likeness (QED) is 0.814. The molecular weight excluding hydrogens is 329 g/mol. The van der Waals surface area contributed by atoms with Gasteiger partial charge in [-0.2, -0.15) is 0 Å². The minimum atomic E-state index is -0.837. The number of rotatable bonds is 6. The lowest BCUT2D eigenvalue weighted by Gasteiger charge is -2.07. The first-order chi connectivity index (χ1) is 12.0. The number of hydrogen-bond acceptors (Lipinski definition) is 5. The highest BCUT2D eigenvalue weighted by atomic mass is 19.1. The average molecular weight is 345 g/mol. The summed E-state index contributed by atoms with van der Waals surface area (Å²) in [5.41, 5.74) is 0.763. The Hall–Kier alpha value is -3.22. The van der Waals surface area contributed by atoms with Crippen LogP contribution < -0.4 is 10.1 Å². The molecule has 0 aliphatic rings. The lowest BCUT2D eigenvalue weighted by molar-refractivity contribution is -0.122. The topological polar surface area (TPSA) is 81.7 Å². The Morgan fingerprint density at radius 2 is 1.52 bits per heavy atom. The maximum absolute atomic E-state index is 12.9. The van der Waals surface area contributed by atoms with E-state index in [9.17, 15) is 18.8 Å². The standard InChI is InChI=1S/C18H16FNO5/c1-2-24-18(23)20-16(21)11-25-15-9-5-13(6-10-15)17(22)12-3-7-14(19)8-4-12/h3-10H,2,11H2,1H3,(H,20,21,23). The molecule has 6 nitrogen and oxygen atoms in total. The zero-order valence-electron chi connectivity index (χ0n) is 13.5. The summed E-state index contributed by atoms with van der Waals surface area (Å²) < 4.78 is 22.7. The third kappa shape index (κ3) is 5.42. The molecule has 0 fully saturated rings. The van der Waals surface area contributed by atoms with Gasteiger partial charge in [0.25, 0.3) is 5.91 Å². The molecule has 0 unspecified atom stereocenters. The molecule has 2 amide bonds. The van der Waals surface area contributed by atoms with Gasteiger partial charge < -0.3 is 9.47 Å². The second kappa shape index (κ2) is 8.58. The largest absolute Gasteiger partial charge is 0.484 e. The number of halogens is 1. The molecule has 0 spiro atoms. The van der Waals surface area contributed by atoms with E-state index in [2.05, 4.69) is 4.74 Å². The van der Waals surface area contributed by atoms with Crippen molar-refractivity contribution in [3.63, 3.8) is 0 Å². The van der Waals surface area contributed by atoms with Crippen LogP contribution in [0.5, 0.6) is 5.75 Å². The number of nitrogens with one attached hydrogen (secondary N) is 1. The zero-order valence-corrected chi connectivity index (χ0v) is 13.5. The molecule has 7 heteroatoms. The fourth-order valence-electron chi connectivity index (χ4n) is 1.94. The number of benzene rings is 2. The minimum Gasteiger partial charge on any atom is -0.484 e. The van der Waals surface area contributed by atoms with Gasteiger partial charge in [0.05, 0.1) is 6.61 Å². The fourth-order valence-corrected chi connectivity index (χ4v) is 1.94. The van der Waals surface area contributed by atoms with Crippen molar-refractivity contribution in [1.29, 1.82) is 0 Å². The van der Waals surface area contributed by atoms with Crippen LogP contribution in [-0.2, 0) is 9.53 Å². The van der Waals surface area contributed by atoms with Gasteiger partial charge in [-0.3, -0.25) is 14.9 Å². The number of imide groups is 1. The molecule has 0 saturated carbocycles. The van der Waals surface area contributed by atoms with Crippen molar-refractivity contribution in [2.75, 3.05) is 13.2 Å². The van der Waals surface area contributed by atoms with Gasteiger partial charge in [-0.1, -0.05) is 0 Å². The third-order valence-corrected chi connectivity index (χ3v) is 3.11. The highest BCUT2D eigenvalue weighted by Gasteiger charge is 2.11. The van der Waals surface area contributed by atoms with Gasteiger partial charge in [-0.15, -0.1) is 0 Å². The summed E-state index contributed by atoms with van der Waals surface area (Å²) in [6.45, 7) is 1.41. The minimum absolute atomic E-state index is 0.156. The van der Waals surface area contributed by atoms with Crippen LogP contribution in [0.25, 0.3) is 0 Å². The fraction of sp³-hybridized carbons (Fsp3) is 0.167. The van der Waals surface area contributed by atoms with Crippen LogP contribution >= 0.6 is 0 Å². The Labute approximate surface area is 143 Å². The van der Waals surface area contributed by atoms with E-state index in [1.54, 1.807) is 6.92 Å². The van der Waals surface area contributed by atoms with Gasteiger partial charge in [-0.05, 0) is 55.5 Å². The molecule has 25 heavy (non-hydrogen) atoms. The van der Waals surface area contributed by atoms with Crippen LogP contribution in [0.4, 0.5) is 9.18 Å². The van der Waals surface area contributed by atoms with Gasteiger partial charge in [0.15, 0.2) is 12.4 Å². The van der Waals surface area contributed by atoms with Crippen LogP contribution in [0.2, 0.25) is 0 Å². The number of ketones is 1. The second-order valence-corrected chi connectivity index (χ2v) is 4.92. The first-order valence-corrected chi connectivity index (χ1v) is 7.49. The lowest BCUT2D eigenvalue weighted by atomic mass is 10.0. The van der Waals surface area contributed by atoms with Crippen LogP contribution in [0.15, 0.2) is 48.5 Å². The van der Waals surface area contributed by atoms with Crippen LogP contribution in [-0.4, -0.2) is 31.0 Å². The van der Waals surface area contributed by atoms with E-state index in [1.165, 1.54) is 48.5 Å². The third-order valence-electron chi connectivity index (χ3n) is 3.11. The van der Waals surface area contributed by atoms with Crippen LogP contribution in [0.1, 0.15) is 22.8 Å². The normalized spacial score (nSPS) is 10.0. The van der Waals surface area contributed by atoms with E-state index >= 15 is 0 Å². The van der Waals surface area contributed by atoms with Crippen molar-refractivity contribution in [3.05, 3.63) is 65.5 Å². The van der Waals surface area contributed by atoms with Gasteiger partial charge in [-0.25, -0.2) is 9.18 Å². The number of hydrogen-bond donors (Lipinski definition) is 1. The van der Waals surface area contributed by atoms with Crippen molar-refractivity contribution in [3.8, 4) is 5.75 Å². The summed E-state index contributed by atoms with van der Waals surface area (Å²) in [7, 11) is 0. The van der Waals surface area contributed by atoms with Gasteiger partial charge in [0, 0.05) is 11.1 Å². The molecule has 1 N–H and O–H groups in total. The number of carbonyl (C=O) groups is 3. The maximum atomic E-state index is 12.9. The number of amides is 2. The predicted molar refractivity (Wildman–Crippen MR) is 86.9 cm³/mol. The molecule has 0 atom stereocenters. The van der Waals surface area contributed by atoms with E-state index in [4.69, 9.17) is 4.74 Å². The first-order valence-electron chi connectivity index (χ1n) is 7.49. The molecule has 2 rings (SSSR count). The van der Waals surface area contributed by atoms with E-state index in [1.807, 2.05) is 5.32 Å². The molecule has 0 radical (unpaired) electrons. The Bertz CT molecular complexity index is 756. The highest BCUT2D eigenvalue weighted by molar-refractivity contribution is 6.09. The molecule has 0 bridgehead atoms. The molecule has 2 aromatic rings. The van der Waals surface area contributed by atoms with E-state index in [-0.39, 0.29) is 19.0 Å². The van der Waals surface area contributed by atoms with Crippen molar-refractivity contribution in [1.82, 2.24) is 5.32 Å². The van der Waals surface area contributed by atoms with Crippen molar-refractivity contribution >= 4 is 17.8 Å². The van der Waals surface area contributed by atoms with Crippen molar-refractivity contribution < 1.29 is 28.2 Å². The Morgan fingerprint density at radius 1 is 0.960 bits per heavy atom. The van der Waals surface area contributed by atoms with Crippen molar-refractivity contribution in [2.24, 2.45) is 0 Å². The summed E-state index contributed by atoms with van der Waals surface area (Å²) in [6, 6.07) is 11.3. The summed E-state index contributed by atoms with van der Waals surface area (Å²) in [4.78, 5) is 34.8. The van der Waals surface area contributed by atoms with Crippen molar-refractivity contribution in [2.45, 2.75) is 6.92 Å². The van der Waals surface area contributed by atoms with Crippen LogP contribution in [0.3, 0.4) is 0 Å². The van der Waals surface area contributed by atoms with Gasteiger partial charge in [0.2, 0.25) is 0 Å². The molecule has 0 heterocycles. The Morgan fingerprint density at radius 3 is 2.08 bits per heavy atom. The van der Waals surface area contributed by atoms with E-state index < -0.39 is 17.8 Å². The van der Waals surface area contributed by atoms with Gasteiger partial charge >= 0.3 is 6.09 Å². The molecule has 0 aromatic heterocycles. The lowest BCUT2D eigenvalue weighted by Crippen LogP contribution is -2.34. The summed E-state index contributed by atoms with van der Waals surface area (Å²) in [5, 5.41) is 2.00. The summed E-state index contributed by atoms with van der Waals surface area (Å²) >= 11 is 0. The number of ether oxygens (including phenoxy) is 2. The monoisotopic (exact) mass is 345 g/mol. The maximum Gasteiger partial charge on any atom is 0.413 e. The predicted octanol–water partition coefficient (Wildman–Crippen LogP) is 2.71. The molecule has 130 valence electrons.